The molecule has 1 saturated heterocycles. The van der Waals surface area contributed by atoms with Crippen molar-refractivity contribution < 1.29 is 14.4 Å². The zero-order valence-electron chi connectivity index (χ0n) is 12.4. The summed E-state index contributed by atoms with van der Waals surface area (Å²) in [6, 6.07) is 15.5. The monoisotopic (exact) mass is 357 g/mol. The van der Waals surface area contributed by atoms with Gasteiger partial charge in [0, 0.05) is 10.6 Å². The van der Waals surface area contributed by atoms with Gasteiger partial charge in [-0.3, -0.25) is 19.3 Å². The van der Waals surface area contributed by atoms with Gasteiger partial charge in [-0.2, -0.15) is 0 Å². The van der Waals surface area contributed by atoms with E-state index >= 15 is 0 Å². The molecule has 120 valence electrons. The van der Waals surface area contributed by atoms with Crippen LogP contribution < -0.4 is 0 Å². The van der Waals surface area contributed by atoms with Gasteiger partial charge in [-0.1, -0.05) is 54.1 Å². The topological polar surface area (TPSA) is 54.5 Å². The fraction of sp³-hybridized carbons (Fsp3) is 0.0556. The Hall–Kier alpha value is -2.37. The Morgan fingerprint density at radius 3 is 2.38 bits per heavy atom. The maximum atomic E-state index is 12.4. The Morgan fingerprint density at radius 1 is 1.04 bits per heavy atom. The van der Waals surface area contributed by atoms with Crippen LogP contribution in [-0.4, -0.2) is 28.4 Å². The van der Waals surface area contributed by atoms with Gasteiger partial charge < -0.3 is 0 Å². The normalized spacial score (nSPS) is 16.0. The summed E-state index contributed by atoms with van der Waals surface area (Å²) in [5.74, 6) is -0.727. The fourth-order valence-corrected chi connectivity index (χ4v) is 3.17. The number of carbonyl (C=O) groups excluding carboxylic acids is 3. The third-order valence-electron chi connectivity index (χ3n) is 3.44. The van der Waals surface area contributed by atoms with Crippen molar-refractivity contribution in [2.24, 2.45) is 0 Å². The SMILES string of the molecule is O=C(CN1C(=O)S/C(=C\c2ccc(Cl)cc2)C1=O)c1ccccc1. The third kappa shape index (κ3) is 3.58. The number of carbonyl (C=O) groups is 3. The number of imide groups is 1. The fourth-order valence-electron chi connectivity index (χ4n) is 2.21. The molecule has 1 fully saturated rings. The van der Waals surface area contributed by atoms with Gasteiger partial charge in [-0.15, -0.1) is 0 Å². The lowest BCUT2D eigenvalue weighted by Gasteiger charge is -2.11. The van der Waals surface area contributed by atoms with E-state index in [1.54, 1.807) is 60.7 Å². The highest BCUT2D eigenvalue weighted by atomic mass is 35.5. The highest BCUT2D eigenvalue weighted by molar-refractivity contribution is 8.18. The van der Waals surface area contributed by atoms with Crippen LogP contribution in [-0.2, 0) is 4.79 Å². The number of Topliss-reactive ketones (excluding diaryl/α,β-unsaturated/α-hetero) is 1. The lowest BCUT2D eigenvalue weighted by molar-refractivity contribution is -0.122. The van der Waals surface area contributed by atoms with Crippen LogP contribution in [0.3, 0.4) is 0 Å². The molecule has 0 bridgehead atoms. The number of hydrogen-bond donors (Lipinski definition) is 0. The van der Waals surface area contributed by atoms with E-state index in [1.807, 2.05) is 0 Å². The minimum Gasteiger partial charge on any atom is -0.292 e. The lowest BCUT2D eigenvalue weighted by Crippen LogP contribution is -2.33. The molecule has 0 unspecified atom stereocenters. The molecule has 1 heterocycles. The number of thioether (sulfide) groups is 1. The second kappa shape index (κ2) is 7.03. The van der Waals surface area contributed by atoms with Crippen LogP contribution in [0, 0.1) is 0 Å². The Bertz CT molecular complexity index is 831. The number of benzene rings is 2. The minimum absolute atomic E-state index is 0.257. The highest BCUT2D eigenvalue weighted by Crippen LogP contribution is 2.32. The van der Waals surface area contributed by atoms with Crippen molar-refractivity contribution in [3.63, 3.8) is 0 Å². The van der Waals surface area contributed by atoms with Crippen LogP contribution in [0.4, 0.5) is 4.79 Å². The Labute approximate surface area is 148 Å². The molecule has 2 aromatic rings. The van der Waals surface area contributed by atoms with E-state index in [0.29, 0.717) is 15.5 Å². The number of halogens is 1. The quantitative estimate of drug-likeness (QED) is 0.606. The number of hydrogen-bond acceptors (Lipinski definition) is 4. The third-order valence-corrected chi connectivity index (χ3v) is 4.60. The summed E-state index contributed by atoms with van der Waals surface area (Å²) in [6.45, 7) is -0.257. The first-order chi connectivity index (χ1) is 11.5. The van der Waals surface area contributed by atoms with Crippen LogP contribution in [0.1, 0.15) is 15.9 Å². The molecule has 1 aliphatic heterocycles. The summed E-state index contributed by atoms with van der Waals surface area (Å²) in [4.78, 5) is 37.9. The predicted molar refractivity (Wildman–Crippen MR) is 94.9 cm³/mol. The number of ketones is 1. The zero-order chi connectivity index (χ0) is 17.1. The first kappa shape index (κ1) is 16.5. The van der Waals surface area contributed by atoms with Crippen molar-refractivity contribution in [1.82, 2.24) is 4.90 Å². The van der Waals surface area contributed by atoms with E-state index in [1.165, 1.54) is 0 Å². The summed E-state index contributed by atoms with van der Waals surface area (Å²) in [5.41, 5.74) is 1.23. The van der Waals surface area contributed by atoms with Gasteiger partial charge in [-0.25, -0.2) is 0 Å². The second-order valence-corrected chi connectivity index (χ2v) is 6.54. The molecule has 0 saturated carbocycles. The van der Waals surface area contributed by atoms with Gasteiger partial charge in [0.25, 0.3) is 11.1 Å². The summed E-state index contributed by atoms with van der Waals surface area (Å²) in [6.07, 6.45) is 1.62. The summed E-state index contributed by atoms with van der Waals surface area (Å²) in [5, 5.41) is 0.151. The van der Waals surface area contributed by atoms with Crippen molar-refractivity contribution in [2.45, 2.75) is 0 Å². The molecule has 0 aromatic heterocycles. The molecule has 24 heavy (non-hydrogen) atoms. The van der Waals surface area contributed by atoms with Gasteiger partial charge >= 0.3 is 0 Å². The van der Waals surface area contributed by atoms with Gasteiger partial charge in [0.1, 0.15) is 0 Å². The van der Waals surface area contributed by atoms with Crippen LogP contribution >= 0.6 is 23.4 Å². The number of rotatable bonds is 4. The Kier molecular flexibility index (Phi) is 4.83. The van der Waals surface area contributed by atoms with Crippen molar-refractivity contribution in [1.29, 1.82) is 0 Å². The molecular weight excluding hydrogens is 346 g/mol. The predicted octanol–water partition coefficient (Wildman–Crippen LogP) is 4.26. The van der Waals surface area contributed by atoms with Crippen molar-refractivity contribution in [3.05, 3.63) is 75.7 Å². The lowest BCUT2D eigenvalue weighted by atomic mass is 10.1. The maximum absolute atomic E-state index is 12.4. The second-order valence-electron chi connectivity index (χ2n) is 5.11. The van der Waals surface area contributed by atoms with E-state index in [9.17, 15) is 14.4 Å². The molecular formula is C18H12ClNO3S. The first-order valence-corrected chi connectivity index (χ1v) is 8.33. The summed E-state index contributed by atoms with van der Waals surface area (Å²) >= 11 is 6.66. The van der Waals surface area contributed by atoms with E-state index in [0.717, 1.165) is 22.2 Å². The van der Waals surface area contributed by atoms with Crippen LogP contribution in [0.2, 0.25) is 5.02 Å². The van der Waals surface area contributed by atoms with E-state index in [4.69, 9.17) is 11.6 Å². The van der Waals surface area contributed by atoms with Crippen molar-refractivity contribution in [2.75, 3.05) is 6.54 Å². The molecule has 0 aliphatic carbocycles. The molecule has 6 heteroatoms. The molecule has 0 radical (unpaired) electrons. The van der Waals surface area contributed by atoms with Crippen molar-refractivity contribution >= 4 is 46.4 Å². The van der Waals surface area contributed by atoms with E-state index in [2.05, 4.69) is 0 Å². The molecule has 4 nitrogen and oxygen atoms in total. The van der Waals surface area contributed by atoms with E-state index < -0.39 is 11.1 Å². The standard InChI is InChI=1S/C18H12ClNO3S/c19-14-8-6-12(7-9-14)10-16-17(22)20(18(23)24-16)11-15(21)13-4-2-1-3-5-13/h1-10H,11H2/b16-10-. The average molecular weight is 358 g/mol. The molecule has 2 amide bonds. The van der Waals surface area contributed by atoms with Gasteiger partial charge in [0.05, 0.1) is 11.4 Å². The highest BCUT2D eigenvalue weighted by Gasteiger charge is 2.36. The molecule has 3 rings (SSSR count). The zero-order valence-corrected chi connectivity index (χ0v) is 14.0. The maximum Gasteiger partial charge on any atom is 0.293 e. The van der Waals surface area contributed by atoms with Crippen LogP contribution in [0.5, 0.6) is 0 Å². The van der Waals surface area contributed by atoms with Crippen LogP contribution in [0.15, 0.2) is 59.5 Å². The molecule has 0 atom stereocenters. The molecule has 1 aliphatic rings. The minimum atomic E-state index is -0.454. The Morgan fingerprint density at radius 2 is 1.71 bits per heavy atom. The molecule has 0 spiro atoms. The van der Waals surface area contributed by atoms with Crippen molar-refractivity contribution in [3.8, 4) is 0 Å². The largest absolute Gasteiger partial charge is 0.293 e. The average Bonchev–Trinajstić information content (AvgIpc) is 2.85. The Balaban J connectivity index is 1.77. The smallest absolute Gasteiger partial charge is 0.292 e. The van der Waals surface area contributed by atoms with Crippen LogP contribution in [0.25, 0.3) is 6.08 Å². The number of nitrogens with zero attached hydrogens (tertiary/aromatic N) is 1. The summed E-state index contributed by atoms with van der Waals surface area (Å²) in [7, 11) is 0. The number of amides is 2. The van der Waals surface area contributed by atoms with Gasteiger partial charge in [0.15, 0.2) is 5.78 Å². The van der Waals surface area contributed by atoms with Gasteiger partial charge in [-0.05, 0) is 35.5 Å². The molecule has 2 aromatic carbocycles. The van der Waals surface area contributed by atoms with E-state index in [-0.39, 0.29) is 12.3 Å². The van der Waals surface area contributed by atoms with Gasteiger partial charge in [0.2, 0.25) is 0 Å². The summed E-state index contributed by atoms with van der Waals surface area (Å²) < 4.78 is 0. The molecule has 0 N–H and O–H groups in total. The first-order valence-electron chi connectivity index (χ1n) is 7.14.